The SMILES string of the molecule is CC1CC1c1ccc(CN(CC(=O)O)CC(=O)O)o1. The number of rotatable bonds is 7. The zero-order valence-electron chi connectivity index (χ0n) is 10.7. The molecule has 0 bridgehead atoms. The van der Waals surface area contributed by atoms with Gasteiger partial charge in [0.2, 0.25) is 0 Å². The van der Waals surface area contributed by atoms with E-state index in [0.717, 1.165) is 12.2 Å². The molecule has 0 aliphatic heterocycles. The lowest BCUT2D eigenvalue weighted by Gasteiger charge is -2.16. The lowest BCUT2D eigenvalue weighted by Crippen LogP contribution is -2.33. The van der Waals surface area contributed by atoms with Crippen LogP contribution >= 0.6 is 0 Å². The molecule has 1 aliphatic carbocycles. The maximum Gasteiger partial charge on any atom is 0.317 e. The van der Waals surface area contributed by atoms with Crippen LogP contribution in [0.4, 0.5) is 0 Å². The summed E-state index contributed by atoms with van der Waals surface area (Å²) >= 11 is 0. The molecule has 1 saturated carbocycles. The van der Waals surface area contributed by atoms with E-state index in [9.17, 15) is 9.59 Å². The minimum atomic E-state index is -1.05. The summed E-state index contributed by atoms with van der Waals surface area (Å²) in [4.78, 5) is 22.7. The summed E-state index contributed by atoms with van der Waals surface area (Å²) in [5.74, 6) is 0.506. The van der Waals surface area contributed by atoms with Crippen LogP contribution in [0.15, 0.2) is 16.5 Å². The van der Waals surface area contributed by atoms with E-state index in [2.05, 4.69) is 6.92 Å². The van der Waals surface area contributed by atoms with Crippen LogP contribution in [-0.2, 0) is 16.1 Å². The highest BCUT2D eigenvalue weighted by atomic mass is 16.4. The molecule has 1 aliphatic rings. The average molecular weight is 267 g/mol. The monoisotopic (exact) mass is 267 g/mol. The van der Waals surface area contributed by atoms with Crippen molar-refractivity contribution in [3.05, 3.63) is 23.7 Å². The van der Waals surface area contributed by atoms with Gasteiger partial charge in [0.15, 0.2) is 0 Å². The summed E-state index contributed by atoms with van der Waals surface area (Å²) in [6.45, 7) is 1.71. The van der Waals surface area contributed by atoms with E-state index < -0.39 is 11.9 Å². The van der Waals surface area contributed by atoms with Crippen LogP contribution < -0.4 is 0 Å². The Hall–Kier alpha value is -1.82. The summed E-state index contributed by atoms with van der Waals surface area (Å²) < 4.78 is 5.64. The molecule has 2 N–H and O–H groups in total. The Bertz CT molecular complexity index is 465. The third-order valence-electron chi connectivity index (χ3n) is 3.25. The molecule has 104 valence electrons. The maximum atomic E-state index is 10.7. The molecule has 2 atom stereocenters. The number of carbonyl (C=O) groups is 2. The van der Waals surface area contributed by atoms with Crippen molar-refractivity contribution in [2.45, 2.75) is 25.8 Å². The van der Waals surface area contributed by atoms with Crippen molar-refractivity contribution in [1.82, 2.24) is 4.90 Å². The van der Waals surface area contributed by atoms with Crippen molar-refractivity contribution in [3.63, 3.8) is 0 Å². The van der Waals surface area contributed by atoms with Gasteiger partial charge in [0.25, 0.3) is 0 Å². The highest BCUT2D eigenvalue weighted by Crippen LogP contribution is 2.47. The van der Waals surface area contributed by atoms with E-state index in [4.69, 9.17) is 14.6 Å². The van der Waals surface area contributed by atoms with Gasteiger partial charge in [-0.1, -0.05) is 6.92 Å². The first kappa shape index (κ1) is 13.6. The van der Waals surface area contributed by atoms with E-state index in [1.165, 1.54) is 4.90 Å². The van der Waals surface area contributed by atoms with Crippen molar-refractivity contribution in [2.24, 2.45) is 5.92 Å². The third kappa shape index (κ3) is 3.82. The van der Waals surface area contributed by atoms with E-state index in [1.807, 2.05) is 6.07 Å². The molecular formula is C13H17NO5. The highest BCUT2D eigenvalue weighted by Gasteiger charge is 2.36. The lowest BCUT2D eigenvalue weighted by atomic mass is 10.3. The number of carboxylic acids is 2. The minimum absolute atomic E-state index is 0.194. The van der Waals surface area contributed by atoms with Crippen molar-refractivity contribution in [2.75, 3.05) is 13.1 Å². The molecular weight excluding hydrogens is 250 g/mol. The number of hydrogen-bond acceptors (Lipinski definition) is 4. The number of furan rings is 1. The Balaban J connectivity index is 1.97. The zero-order chi connectivity index (χ0) is 14.0. The topological polar surface area (TPSA) is 91.0 Å². The Morgan fingerprint density at radius 2 is 1.89 bits per heavy atom. The van der Waals surface area contributed by atoms with Crippen molar-refractivity contribution in [3.8, 4) is 0 Å². The quantitative estimate of drug-likeness (QED) is 0.775. The second-order valence-electron chi connectivity index (χ2n) is 5.06. The summed E-state index contributed by atoms with van der Waals surface area (Å²) in [7, 11) is 0. The maximum absolute atomic E-state index is 10.7. The molecule has 1 aromatic heterocycles. The largest absolute Gasteiger partial charge is 0.480 e. The fourth-order valence-electron chi connectivity index (χ4n) is 2.17. The van der Waals surface area contributed by atoms with Crippen LogP contribution in [0.5, 0.6) is 0 Å². The van der Waals surface area contributed by atoms with Gasteiger partial charge in [0.1, 0.15) is 11.5 Å². The molecule has 6 heteroatoms. The molecule has 1 heterocycles. The van der Waals surface area contributed by atoms with Gasteiger partial charge < -0.3 is 14.6 Å². The summed E-state index contributed by atoms with van der Waals surface area (Å²) in [6, 6.07) is 3.68. The fraction of sp³-hybridized carbons (Fsp3) is 0.538. The van der Waals surface area contributed by atoms with Gasteiger partial charge in [0, 0.05) is 5.92 Å². The van der Waals surface area contributed by atoms with Crippen LogP contribution in [0, 0.1) is 5.92 Å². The van der Waals surface area contributed by atoms with Crippen molar-refractivity contribution in [1.29, 1.82) is 0 Å². The average Bonchev–Trinajstić information content (AvgIpc) is 2.83. The predicted molar refractivity (Wildman–Crippen MR) is 65.8 cm³/mol. The van der Waals surface area contributed by atoms with Gasteiger partial charge in [-0.25, -0.2) is 0 Å². The van der Waals surface area contributed by atoms with Crippen LogP contribution in [0.2, 0.25) is 0 Å². The van der Waals surface area contributed by atoms with Gasteiger partial charge in [-0.15, -0.1) is 0 Å². The number of hydrogen-bond donors (Lipinski definition) is 2. The molecule has 19 heavy (non-hydrogen) atoms. The molecule has 6 nitrogen and oxygen atoms in total. The van der Waals surface area contributed by atoms with Gasteiger partial charge >= 0.3 is 11.9 Å². The second-order valence-corrected chi connectivity index (χ2v) is 5.06. The van der Waals surface area contributed by atoms with E-state index in [1.54, 1.807) is 6.07 Å². The first-order chi connectivity index (χ1) is 8.95. The Kier molecular flexibility index (Phi) is 3.90. The van der Waals surface area contributed by atoms with Gasteiger partial charge in [-0.05, 0) is 24.5 Å². The molecule has 0 saturated heterocycles. The van der Waals surface area contributed by atoms with Crippen LogP contribution in [0.3, 0.4) is 0 Å². The smallest absolute Gasteiger partial charge is 0.317 e. The van der Waals surface area contributed by atoms with Crippen LogP contribution in [-0.4, -0.2) is 40.1 Å². The Morgan fingerprint density at radius 1 is 1.32 bits per heavy atom. The van der Waals surface area contributed by atoms with E-state index >= 15 is 0 Å². The van der Waals surface area contributed by atoms with Gasteiger partial charge in [-0.3, -0.25) is 14.5 Å². The Morgan fingerprint density at radius 3 is 2.37 bits per heavy atom. The predicted octanol–water partition coefficient (Wildman–Crippen LogP) is 1.37. The van der Waals surface area contributed by atoms with Gasteiger partial charge in [0.05, 0.1) is 19.6 Å². The molecule has 2 rings (SSSR count). The second kappa shape index (κ2) is 5.44. The first-order valence-corrected chi connectivity index (χ1v) is 6.20. The van der Waals surface area contributed by atoms with Crippen molar-refractivity contribution < 1.29 is 24.2 Å². The summed E-state index contributed by atoms with van der Waals surface area (Å²) in [5, 5.41) is 17.5. The number of nitrogens with zero attached hydrogens (tertiary/aromatic N) is 1. The molecule has 0 amide bonds. The lowest BCUT2D eigenvalue weighted by molar-refractivity contribution is -0.142. The first-order valence-electron chi connectivity index (χ1n) is 6.20. The molecule has 2 unspecified atom stereocenters. The molecule has 1 fully saturated rings. The standard InChI is InChI=1S/C13H17NO5/c1-8-4-10(8)11-3-2-9(19-11)5-14(6-12(15)16)7-13(17)18/h2-3,8,10H,4-7H2,1H3,(H,15,16)(H,17,18). The summed E-state index contributed by atoms with van der Waals surface area (Å²) in [6.07, 6.45) is 1.11. The Labute approximate surface area is 110 Å². The normalized spacial score (nSPS) is 21.6. The molecule has 1 aromatic rings. The number of aliphatic carboxylic acids is 2. The minimum Gasteiger partial charge on any atom is -0.480 e. The third-order valence-corrected chi connectivity index (χ3v) is 3.25. The van der Waals surface area contributed by atoms with E-state index in [-0.39, 0.29) is 19.6 Å². The van der Waals surface area contributed by atoms with Crippen LogP contribution in [0.25, 0.3) is 0 Å². The van der Waals surface area contributed by atoms with E-state index in [0.29, 0.717) is 17.6 Å². The number of carboxylic acid groups (broad SMARTS) is 2. The van der Waals surface area contributed by atoms with Gasteiger partial charge in [-0.2, -0.15) is 0 Å². The van der Waals surface area contributed by atoms with Crippen molar-refractivity contribution >= 4 is 11.9 Å². The summed E-state index contributed by atoms with van der Waals surface area (Å²) in [5.41, 5.74) is 0. The van der Waals surface area contributed by atoms with Crippen LogP contribution in [0.1, 0.15) is 30.8 Å². The highest BCUT2D eigenvalue weighted by molar-refractivity contribution is 5.72. The molecule has 0 radical (unpaired) electrons. The zero-order valence-corrected chi connectivity index (χ0v) is 10.7. The fourth-order valence-corrected chi connectivity index (χ4v) is 2.17. The molecule has 0 aromatic carbocycles. The molecule has 0 spiro atoms.